The number of hydrogen-bond donors (Lipinski definition) is 1. The third-order valence-electron chi connectivity index (χ3n) is 1.48. The zero-order valence-electron chi connectivity index (χ0n) is 9.84. The van der Waals surface area contributed by atoms with Crippen LogP contribution in [0.1, 0.15) is 33.6 Å². The van der Waals surface area contributed by atoms with Gasteiger partial charge in [0.25, 0.3) is 0 Å². The van der Waals surface area contributed by atoms with Crippen LogP contribution in [0.4, 0.5) is 4.79 Å². The summed E-state index contributed by atoms with van der Waals surface area (Å²) in [5.74, 6) is 0. The van der Waals surface area contributed by atoms with Gasteiger partial charge in [0.05, 0.1) is 12.9 Å². The lowest BCUT2D eigenvalue weighted by atomic mass is 10.2. The average Bonchev–Trinajstić information content (AvgIpc) is 2.08. The SMILES string of the molecule is C=COCCCCNC(=O)OC(C)(C)C. The molecule has 0 saturated heterocycles. The lowest BCUT2D eigenvalue weighted by Crippen LogP contribution is -2.33. The van der Waals surface area contributed by atoms with Crippen molar-refractivity contribution in [3.8, 4) is 0 Å². The summed E-state index contributed by atoms with van der Waals surface area (Å²) in [4.78, 5) is 11.2. The molecule has 0 spiro atoms. The fraction of sp³-hybridized carbons (Fsp3) is 0.727. The number of alkyl carbamates (subject to hydrolysis) is 1. The molecule has 15 heavy (non-hydrogen) atoms. The van der Waals surface area contributed by atoms with Crippen molar-refractivity contribution in [3.05, 3.63) is 12.8 Å². The highest BCUT2D eigenvalue weighted by Crippen LogP contribution is 2.06. The molecule has 0 saturated carbocycles. The number of unbranched alkanes of at least 4 members (excludes halogenated alkanes) is 1. The molecule has 4 nitrogen and oxygen atoms in total. The Kier molecular flexibility index (Phi) is 6.58. The summed E-state index contributed by atoms with van der Waals surface area (Å²) in [7, 11) is 0. The van der Waals surface area contributed by atoms with Crippen molar-refractivity contribution in [3.63, 3.8) is 0 Å². The standard InChI is InChI=1S/C11H21NO3/c1-5-14-9-7-6-8-12-10(13)15-11(2,3)4/h5H,1,6-9H2,2-4H3,(H,12,13). The fourth-order valence-corrected chi connectivity index (χ4v) is 0.898. The van der Waals surface area contributed by atoms with E-state index in [2.05, 4.69) is 11.9 Å². The summed E-state index contributed by atoms with van der Waals surface area (Å²) >= 11 is 0. The highest BCUT2D eigenvalue weighted by atomic mass is 16.6. The summed E-state index contributed by atoms with van der Waals surface area (Å²) in [5.41, 5.74) is -0.434. The van der Waals surface area contributed by atoms with E-state index in [0.29, 0.717) is 13.2 Å². The van der Waals surface area contributed by atoms with E-state index in [0.717, 1.165) is 12.8 Å². The molecular weight excluding hydrogens is 194 g/mol. The minimum atomic E-state index is -0.434. The summed E-state index contributed by atoms with van der Waals surface area (Å²) < 4.78 is 10.0. The molecule has 0 aromatic rings. The zero-order chi connectivity index (χ0) is 11.7. The van der Waals surface area contributed by atoms with E-state index in [4.69, 9.17) is 9.47 Å². The van der Waals surface area contributed by atoms with Crippen molar-refractivity contribution in [2.24, 2.45) is 0 Å². The van der Waals surface area contributed by atoms with Crippen LogP contribution < -0.4 is 5.32 Å². The van der Waals surface area contributed by atoms with Crippen molar-refractivity contribution < 1.29 is 14.3 Å². The van der Waals surface area contributed by atoms with Gasteiger partial charge in [-0.1, -0.05) is 6.58 Å². The van der Waals surface area contributed by atoms with E-state index in [9.17, 15) is 4.79 Å². The number of carbonyl (C=O) groups excluding carboxylic acids is 1. The molecule has 88 valence electrons. The van der Waals surface area contributed by atoms with Crippen LogP contribution in [0.25, 0.3) is 0 Å². The molecule has 0 aliphatic heterocycles. The van der Waals surface area contributed by atoms with Gasteiger partial charge >= 0.3 is 6.09 Å². The van der Waals surface area contributed by atoms with Gasteiger partial charge in [-0.2, -0.15) is 0 Å². The second-order valence-corrected chi connectivity index (χ2v) is 4.17. The fourth-order valence-electron chi connectivity index (χ4n) is 0.898. The summed E-state index contributed by atoms with van der Waals surface area (Å²) in [6.45, 7) is 10.2. The highest BCUT2D eigenvalue weighted by molar-refractivity contribution is 5.67. The van der Waals surface area contributed by atoms with Crippen LogP contribution >= 0.6 is 0 Å². The largest absolute Gasteiger partial charge is 0.502 e. The third kappa shape index (κ3) is 10.7. The molecule has 0 rings (SSSR count). The third-order valence-corrected chi connectivity index (χ3v) is 1.48. The molecule has 0 aromatic heterocycles. The lowest BCUT2D eigenvalue weighted by Gasteiger charge is -2.19. The van der Waals surface area contributed by atoms with Gasteiger partial charge in [-0.3, -0.25) is 0 Å². The normalized spacial score (nSPS) is 10.6. The van der Waals surface area contributed by atoms with Gasteiger partial charge in [-0.05, 0) is 33.6 Å². The van der Waals surface area contributed by atoms with Gasteiger partial charge in [0.2, 0.25) is 0 Å². The first-order valence-corrected chi connectivity index (χ1v) is 5.15. The average molecular weight is 215 g/mol. The minimum Gasteiger partial charge on any atom is -0.502 e. The van der Waals surface area contributed by atoms with Gasteiger partial charge in [0.1, 0.15) is 5.60 Å². The van der Waals surface area contributed by atoms with Crippen LogP contribution in [0.5, 0.6) is 0 Å². The Morgan fingerprint density at radius 3 is 2.60 bits per heavy atom. The maximum Gasteiger partial charge on any atom is 0.407 e. The van der Waals surface area contributed by atoms with E-state index in [-0.39, 0.29) is 6.09 Å². The molecule has 0 aliphatic rings. The molecule has 0 aliphatic carbocycles. The molecular formula is C11H21NO3. The molecule has 0 unspecified atom stereocenters. The molecule has 0 aromatic carbocycles. The molecule has 0 fully saturated rings. The number of carbonyl (C=O) groups is 1. The number of nitrogens with one attached hydrogen (secondary N) is 1. The summed E-state index contributed by atoms with van der Waals surface area (Å²) in [5, 5.41) is 2.67. The molecule has 1 amide bonds. The van der Waals surface area contributed by atoms with Crippen molar-refractivity contribution in [1.82, 2.24) is 5.32 Å². The predicted octanol–water partition coefficient (Wildman–Crippen LogP) is 2.45. The lowest BCUT2D eigenvalue weighted by molar-refractivity contribution is 0.0526. The van der Waals surface area contributed by atoms with Gasteiger partial charge in [0, 0.05) is 6.54 Å². The number of ether oxygens (including phenoxy) is 2. The Morgan fingerprint density at radius 1 is 1.40 bits per heavy atom. The Balaban J connectivity index is 3.36. The maximum absolute atomic E-state index is 11.2. The molecule has 4 heteroatoms. The van der Waals surface area contributed by atoms with Crippen molar-refractivity contribution in [2.75, 3.05) is 13.2 Å². The number of rotatable bonds is 6. The first kappa shape index (κ1) is 13.8. The Bertz CT molecular complexity index is 196. The van der Waals surface area contributed by atoms with Crippen LogP contribution in [0.3, 0.4) is 0 Å². The van der Waals surface area contributed by atoms with E-state index in [1.165, 1.54) is 6.26 Å². The Labute approximate surface area is 91.6 Å². The number of hydrogen-bond acceptors (Lipinski definition) is 3. The van der Waals surface area contributed by atoms with Crippen molar-refractivity contribution in [1.29, 1.82) is 0 Å². The second kappa shape index (κ2) is 7.15. The van der Waals surface area contributed by atoms with Gasteiger partial charge < -0.3 is 14.8 Å². The zero-order valence-corrected chi connectivity index (χ0v) is 9.84. The first-order valence-electron chi connectivity index (χ1n) is 5.15. The quantitative estimate of drug-likeness (QED) is 0.547. The highest BCUT2D eigenvalue weighted by Gasteiger charge is 2.15. The van der Waals surface area contributed by atoms with Crippen LogP contribution in [0.2, 0.25) is 0 Å². The monoisotopic (exact) mass is 215 g/mol. The van der Waals surface area contributed by atoms with Crippen molar-refractivity contribution in [2.45, 2.75) is 39.2 Å². The van der Waals surface area contributed by atoms with Gasteiger partial charge in [0.15, 0.2) is 0 Å². The Hall–Kier alpha value is -1.19. The van der Waals surface area contributed by atoms with E-state index < -0.39 is 5.60 Å². The Morgan fingerprint density at radius 2 is 2.07 bits per heavy atom. The van der Waals surface area contributed by atoms with E-state index in [1.54, 1.807) is 0 Å². The summed E-state index contributed by atoms with van der Waals surface area (Å²) in [6, 6.07) is 0. The minimum absolute atomic E-state index is 0.368. The van der Waals surface area contributed by atoms with Crippen molar-refractivity contribution >= 4 is 6.09 Å². The van der Waals surface area contributed by atoms with Crippen LogP contribution in [-0.4, -0.2) is 24.8 Å². The summed E-state index contributed by atoms with van der Waals surface area (Å²) in [6.07, 6.45) is 2.81. The maximum atomic E-state index is 11.2. The van der Waals surface area contributed by atoms with Crippen LogP contribution in [0.15, 0.2) is 12.8 Å². The second-order valence-electron chi connectivity index (χ2n) is 4.17. The molecule has 0 radical (unpaired) electrons. The van der Waals surface area contributed by atoms with Crippen LogP contribution in [-0.2, 0) is 9.47 Å². The van der Waals surface area contributed by atoms with Gasteiger partial charge in [-0.25, -0.2) is 4.79 Å². The molecule has 0 atom stereocenters. The number of amides is 1. The molecule has 0 heterocycles. The van der Waals surface area contributed by atoms with E-state index in [1.807, 2.05) is 20.8 Å². The predicted molar refractivity (Wildman–Crippen MR) is 59.6 cm³/mol. The molecule has 1 N–H and O–H groups in total. The van der Waals surface area contributed by atoms with Crippen LogP contribution in [0, 0.1) is 0 Å². The van der Waals surface area contributed by atoms with E-state index >= 15 is 0 Å². The smallest absolute Gasteiger partial charge is 0.407 e. The topological polar surface area (TPSA) is 47.6 Å². The first-order chi connectivity index (χ1) is 6.95. The molecule has 0 bridgehead atoms. The van der Waals surface area contributed by atoms with Gasteiger partial charge in [-0.15, -0.1) is 0 Å².